The summed E-state index contributed by atoms with van der Waals surface area (Å²) in [5.41, 5.74) is 0.478. The van der Waals surface area contributed by atoms with Gasteiger partial charge in [0.05, 0.1) is 18.3 Å². The first-order chi connectivity index (χ1) is 15.5. The summed E-state index contributed by atoms with van der Waals surface area (Å²) in [7, 11) is 1.54. The van der Waals surface area contributed by atoms with Crippen molar-refractivity contribution in [2.75, 3.05) is 6.54 Å². The number of rotatable bonds is 6. The molecule has 4 rings (SSSR count). The van der Waals surface area contributed by atoms with Crippen molar-refractivity contribution >= 4 is 28.6 Å². The molecule has 2 N–H and O–H groups in total. The Morgan fingerprint density at radius 2 is 1.94 bits per heavy atom. The third kappa shape index (κ3) is 4.42. The van der Waals surface area contributed by atoms with E-state index in [-0.39, 0.29) is 17.9 Å². The number of alkyl halides is 2. The molecule has 0 unspecified atom stereocenters. The fraction of sp³-hybridized carbons (Fsp3) is 0.250. The lowest BCUT2D eigenvalue weighted by Crippen LogP contribution is -2.36. The van der Waals surface area contributed by atoms with E-state index in [0.29, 0.717) is 23.6 Å². The monoisotopic (exact) mass is 462 g/mol. The van der Waals surface area contributed by atoms with Gasteiger partial charge >= 0.3 is 5.76 Å². The van der Waals surface area contributed by atoms with Crippen molar-refractivity contribution in [1.29, 1.82) is 0 Å². The lowest BCUT2D eigenvalue weighted by molar-refractivity contribution is 0.0219. The Labute approximate surface area is 183 Å². The first kappa shape index (κ1) is 22.0. The summed E-state index contributed by atoms with van der Waals surface area (Å²) in [6.07, 6.45) is 0.791. The van der Waals surface area contributed by atoms with Crippen LogP contribution in [0.2, 0.25) is 0 Å². The van der Waals surface area contributed by atoms with Gasteiger partial charge in [0.2, 0.25) is 0 Å². The van der Waals surface area contributed by atoms with Crippen molar-refractivity contribution in [1.82, 2.24) is 29.8 Å². The summed E-state index contributed by atoms with van der Waals surface area (Å²) in [5, 5.41) is 8.28. The normalized spacial score (nSPS) is 11.8. The van der Waals surface area contributed by atoms with Gasteiger partial charge in [-0.1, -0.05) is 6.07 Å². The Morgan fingerprint density at radius 3 is 2.67 bits per heavy atom. The summed E-state index contributed by atoms with van der Waals surface area (Å²) in [6.45, 7) is -0.313. The van der Waals surface area contributed by atoms with Crippen molar-refractivity contribution < 1.29 is 27.2 Å². The SMILES string of the molecule is Cn1c(=O)oc2ccc(CNC(=O)c3cc(C(=O)NCC(C)(F)F)n4ncc(F)c4n3)cc21. The number of fused-ring (bicyclic) bond motifs is 2. The molecule has 0 aliphatic heterocycles. The number of aromatic nitrogens is 4. The van der Waals surface area contributed by atoms with Crippen LogP contribution in [0.3, 0.4) is 0 Å². The van der Waals surface area contributed by atoms with Crippen LogP contribution >= 0.6 is 0 Å². The highest BCUT2D eigenvalue weighted by Gasteiger charge is 2.25. The largest absolute Gasteiger partial charge is 0.419 e. The first-order valence-corrected chi connectivity index (χ1v) is 9.60. The number of hydrogen-bond acceptors (Lipinski definition) is 6. The molecule has 172 valence electrons. The number of nitrogens with one attached hydrogen (secondary N) is 2. The van der Waals surface area contributed by atoms with Gasteiger partial charge in [-0.2, -0.15) is 5.10 Å². The predicted molar refractivity (Wildman–Crippen MR) is 109 cm³/mol. The third-order valence-electron chi connectivity index (χ3n) is 4.76. The molecule has 0 fully saturated rings. The number of carbonyl (C=O) groups is 2. The van der Waals surface area contributed by atoms with Gasteiger partial charge in [-0.3, -0.25) is 14.2 Å². The third-order valence-corrected chi connectivity index (χ3v) is 4.76. The maximum Gasteiger partial charge on any atom is 0.419 e. The van der Waals surface area contributed by atoms with Crippen LogP contribution in [-0.2, 0) is 13.6 Å². The lowest BCUT2D eigenvalue weighted by atomic mass is 10.2. The number of halogens is 3. The Morgan fingerprint density at radius 1 is 1.18 bits per heavy atom. The summed E-state index contributed by atoms with van der Waals surface area (Å²) in [4.78, 5) is 40.6. The Hall–Kier alpha value is -4.16. The van der Waals surface area contributed by atoms with Gasteiger partial charge < -0.3 is 15.1 Å². The van der Waals surface area contributed by atoms with Gasteiger partial charge in [-0.25, -0.2) is 27.5 Å². The van der Waals surface area contributed by atoms with E-state index in [9.17, 15) is 27.6 Å². The van der Waals surface area contributed by atoms with Crippen molar-refractivity contribution in [3.63, 3.8) is 0 Å². The highest BCUT2D eigenvalue weighted by molar-refractivity contribution is 5.98. The molecule has 0 saturated carbocycles. The van der Waals surface area contributed by atoms with E-state index in [4.69, 9.17) is 4.42 Å². The maximum atomic E-state index is 14.1. The van der Waals surface area contributed by atoms with Crippen molar-refractivity contribution in [3.8, 4) is 0 Å². The molecule has 2 amide bonds. The number of carbonyl (C=O) groups excluding carboxylic acids is 2. The zero-order valence-corrected chi connectivity index (χ0v) is 17.4. The minimum absolute atomic E-state index is 0.0202. The second-order valence-corrected chi connectivity index (χ2v) is 7.42. The van der Waals surface area contributed by atoms with Gasteiger partial charge in [0, 0.05) is 26.6 Å². The Kier molecular flexibility index (Phi) is 5.39. The van der Waals surface area contributed by atoms with E-state index in [2.05, 4.69) is 15.4 Å². The number of hydrogen-bond donors (Lipinski definition) is 2. The number of aryl methyl sites for hydroxylation is 1. The molecule has 3 aromatic heterocycles. The average Bonchev–Trinajstić information content (AvgIpc) is 3.28. The molecule has 3 heterocycles. The topological polar surface area (TPSA) is 124 Å². The molecular formula is C20H17F3N6O4. The summed E-state index contributed by atoms with van der Waals surface area (Å²) in [6, 6.07) is 5.90. The molecule has 0 aliphatic carbocycles. The number of amides is 2. The van der Waals surface area contributed by atoms with E-state index >= 15 is 0 Å². The van der Waals surface area contributed by atoms with Gasteiger partial charge in [0.1, 0.15) is 11.4 Å². The van der Waals surface area contributed by atoms with E-state index in [1.807, 2.05) is 5.32 Å². The molecule has 0 radical (unpaired) electrons. The molecule has 0 aliphatic rings. The molecule has 10 nitrogen and oxygen atoms in total. The first-order valence-electron chi connectivity index (χ1n) is 9.60. The average molecular weight is 462 g/mol. The second kappa shape index (κ2) is 8.07. The Balaban J connectivity index is 1.59. The smallest absolute Gasteiger partial charge is 0.408 e. The van der Waals surface area contributed by atoms with Crippen molar-refractivity contribution in [3.05, 3.63) is 63.8 Å². The predicted octanol–water partition coefficient (Wildman–Crippen LogP) is 1.63. The van der Waals surface area contributed by atoms with Crippen LogP contribution in [0.4, 0.5) is 13.2 Å². The number of oxazole rings is 1. The maximum absolute atomic E-state index is 14.1. The van der Waals surface area contributed by atoms with E-state index < -0.39 is 41.5 Å². The minimum Gasteiger partial charge on any atom is -0.408 e. The number of nitrogens with zero attached hydrogens (tertiary/aromatic N) is 4. The zero-order valence-electron chi connectivity index (χ0n) is 17.4. The van der Waals surface area contributed by atoms with Crippen molar-refractivity contribution in [2.24, 2.45) is 7.05 Å². The highest BCUT2D eigenvalue weighted by Crippen LogP contribution is 2.16. The van der Waals surface area contributed by atoms with Crippen LogP contribution in [0, 0.1) is 5.82 Å². The van der Waals surface area contributed by atoms with Crippen LogP contribution in [0.15, 0.2) is 39.7 Å². The van der Waals surface area contributed by atoms with Gasteiger partial charge in [-0.05, 0) is 17.7 Å². The summed E-state index contributed by atoms with van der Waals surface area (Å²) >= 11 is 0. The van der Waals surface area contributed by atoms with Crippen LogP contribution in [0.25, 0.3) is 16.7 Å². The molecular weight excluding hydrogens is 445 g/mol. The molecule has 13 heteroatoms. The van der Waals surface area contributed by atoms with E-state index in [1.54, 1.807) is 18.2 Å². The zero-order chi connectivity index (χ0) is 23.9. The lowest BCUT2D eigenvalue weighted by Gasteiger charge is -2.12. The van der Waals surface area contributed by atoms with Crippen LogP contribution < -0.4 is 16.4 Å². The molecule has 4 aromatic rings. The van der Waals surface area contributed by atoms with Crippen molar-refractivity contribution in [2.45, 2.75) is 19.4 Å². The molecule has 0 saturated heterocycles. The van der Waals surface area contributed by atoms with Crippen LogP contribution in [-0.4, -0.2) is 43.4 Å². The fourth-order valence-corrected chi connectivity index (χ4v) is 3.10. The summed E-state index contributed by atoms with van der Waals surface area (Å²) < 4.78 is 47.5. The highest BCUT2D eigenvalue weighted by atomic mass is 19.3. The minimum atomic E-state index is -3.17. The molecule has 1 aromatic carbocycles. The van der Waals surface area contributed by atoms with Crippen LogP contribution in [0.5, 0.6) is 0 Å². The molecule has 0 spiro atoms. The van der Waals surface area contributed by atoms with Gasteiger partial charge in [0.25, 0.3) is 17.7 Å². The standard InChI is InChI=1S/C20H17F3N6O4/c1-20(22,23)9-25-18(31)14-6-12(27-16-11(21)8-26-29(14)16)17(30)24-7-10-3-4-15-13(5-10)28(2)19(32)33-15/h3-6,8H,7,9H2,1-2H3,(H,24,30)(H,25,31). The van der Waals surface area contributed by atoms with Crippen LogP contribution in [0.1, 0.15) is 33.5 Å². The van der Waals surface area contributed by atoms with Gasteiger partial charge in [0.15, 0.2) is 17.0 Å². The molecule has 0 bridgehead atoms. The molecule has 0 atom stereocenters. The Bertz CT molecular complexity index is 1450. The second-order valence-electron chi connectivity index (χ2n) is 7.42. The van der Waals surface area contributed by atoms with E-state index in [1.165, 1.54) is 11.6 Å². The quantitative estimate of drug-likeness (QED) is 0.449. The van der Waals surface area contributed by atoms with Gasteiger partial charge in [-0.15, -0.1) is 0 Å². The molecule has 33 heavy (non-hydrogen) atoms. The van der Waals surface area contributed by atoms with E-state index in [0.717, 1.165) is 16.8 Å². The summed E-state index contributed by atoms with van der Waals surface area (Å²) in [5.74, 6) is -6.32. The fourth-order valence-electron chi connectivity index (χ4n) is 3.10. The number of benzene rings is 1.